The molecule has 1 amide bonds. The van der Waals surface area contributed by atoms with E-state index in [-0.39, 0.29) is 0 Å². The summed E-state index contributed by atoms with van der Waals surface area (Å²) in [6, 6.07) is 2.06. The molecule has 1 aromatic rings. The molecule has 0 radical (unpaired) electrons. The lowest BCUT2D eigenvalue weighted by Gasteiger charge is -2.11. The fourth-order valence-corrected chi connectivity index (χ4v) is 1.19. The lowest BCUT2D eigenvalue weighted by atomic mass is 10.1. The molecule has 0 aliphatic heterocycles. The Kier molecular flexibility index (Phi) is 4.20. The Hall–Kier alpha value is -1.73. The minimum absolute atomic E-state index is 0.458. The van der Waals surface area contributed by atoms with Crippen LogP contribution in [0.3, 0.4) is 0 Å². The van der Waals surface area contributed by atoms with Crippen molar-refractivity contribution < 1.29 is 31.1 Å². The van der Waals surface area contributed by atoms with E-state index in [0.717, 1.165) is 12.1 Å². The first-order valence-corrected chi connectivity index (χ1v) is 4.65. The van der Waals surface area contributed by atoms with Gasteiger partial charge in [0.1, 0.15) is 5.82 Å². The topological polar surface area (TPSA) is 29.1 Å². The molecule has 0 fully saturated rings. The summed E-state index contributed by atoms with van der Waals surface area (Å²) in [5.74, 6) is -3.10. The number of amides is 1. The second kappa shape index (κ2) is 5.28. The minimum atomic E-state index is -4.96. The standard InChI is InChI=1S/C10H7F6NO/c11-7(12)4-17-9(18)5-2-1-3-6(8(5)13)10(14,15)16/h1-3,7H,4H2,(H,17,18). The van der Waals surface area contributed by atoms with Gasteiger partial charge in [-0.05, 0) is 12.1 Å². The molecule has 0 aliphatic rings. The maximum atomic E-state index is 13.4. The zero-order valence-corrected chi connectivity index (χ0v) is 8.69. The molecular formula is C10H7F6NO. The largest absolute Gasteiger partial charge is 0.419 e. The number of rotatable bonds is 3. The highest BCUT2D eigenvalue weighted by molar-refractivity contribution is 5.94. The van der Waals surface area contributed by atoms with Crippen LogP contribution in [-0.4, -0.2) is 18.9 Å². The van der Waals surface area contributed by atoms with E-state index >= 15 is 0 Å². The van der Waals surface area contributed by atoms with Crippen LogP contribution >= 0.6 is 0 Å². The SMILES string of the molecule is O=C(NCC(F)F)c1cccc(C(F)(F)F)c1F. The quantitative estimate of drug-likeness (QED) is 0.841. The van der Waals surface area contributed by atoms with Gasteiger partial charge >= 0.3 is 6.18 Å². The zero-order chi connectivity index (χ0) is 13.9. The molecule has 0 unspecified atom stereocenters. The Morgan fingerprint density at radius 2 is 1.89 bits per heavy atom. The summed E-state index contributed by atoms with van der Waals surface area (Å²) in [7, 11) is 0. The first kappa shape index (κ1) is 14.3. The van der Waals surface area contributed by atoms with E-state index in [1.807, 2.05) is 0 Å². The number of carbonyl (C=O) groups is 1. The predicted octanol–water partition coefficient (Wildman–Crippen LogP) is 2.84. The normalized spacial score (nSPS) is 11.7. The fraction of sp³-hybridized carbons (Fsp3) is 0.300. The lowest BCUT2D eigenvalue weighted by molar-refractivity contribution is -0.140. The van der Waals surface area contributed by atoms with Gasteiger partial charge in [0.2, 0.25) is 0 Å². The van der Waals surface area contributed by atoms with Crippen LogP contribution < -0.4 is 5.32 Å². The molecule has 0 saturated heterocycles. The van der Waals surface area contributed by atoms with Gasteiger partial charge in [-0.3, -0.25) is 4.79 Å². The van der Waals surface area contributed by atoms with Crippen LogP contribution in [0.25, 0.3) is 0 Å². The number of benzene rings is 1. The van der Waals surface area contributed by atoms with Crippen molar-refractivity contribution in [1.29, 1.82) is 0 Å². The highest BCUT2D eigenvalue weighted by Crippen LogP contribution is 2.32. The van der Waals surface area contributed by atoms with Crippen molar-refractivity contribution in [2.75, 3.05) is 6.54 Å². The smallest absolute Gasteiger partial charge is 0.346 e. The molecule has 18 heavy (non-hydrogen) atoms. The zero-order valence-electron chi connectivity index (χ0n) is 8.69. The van der Waals surface area contributed by atoms with Crippen LogP contribution in [0.15, 0.2) is 18.2 Å². The van der Waals surface area contributed by atoms with E-state index in [2.05, 4.69) is 0 Å². The summed E-state index contributed by atoms with van der Waals surface area (Å²) in [4.78, 5) is 11.2. The summed E-state index contributed by atoms with van der Waals surface area (Å²) < 4.78 is 73.9. The average Bonchev–Trinajstić information content (AvgIpc) is 2.24. The molecule has 0 aliphatic carbocycles. The Balaban J connectivity index is 3.01. The minimum Gasteiger partial charge on any atom is -0.346 e. The molecule has 0 atom stereocenters. The molecule has 8 heteroatoms. The molecule has 1 aromatic carbocycles. The Morgan fingerprint density at radius 1 is 1.28 bits per heavy atom. The van der Waals surface area contributed by atoms with Crippen molar-refractivity contribution in [3.63, 3.8) is 0 Å². The van der Waals surface area contributed by atoms with Crippen LogP contribution in [0, 0.1) is 5.82 Å². The van der Waals surface area contributed by atoms with E-state index in [4.69, 9.17) is 0 Å². The third kappa shape index (κ3) is 3.38. The maximum absolute atomic E-state index is 13.4. The van der Waals surface area contributed by atoms with Crippen LogP contribution in [0.2, 0.25) is 0 Å². The summed E-state index contributed by atoms with van der Waals surface area (Å²) in [6.45, 7) is -1.06. The molecule has 0 saturated carbocycles. The molecule has 0 heterocycles. The van der Waals surface area contributed by atoms with Crippen molar-refractivity contribution in [2.24, 2.45) is 0 Å². The van der Waals surface area contributed by atoms with Gasteiger partial charge in [-0.2, -0.15) is 13.2 Å². The van der Waals surface area contributed by atoms with Crippen molar-refractivity contribution in [3.8, 4) is 0 Å². The number of halogens is 6. The van der Waals surface area contributed by atoms with Crippen molar-refractivity contribution in [1.82, 2.24) is 5.32 Å². The highest BCUT2D eigenvalue weighted by Gasteiger charge is 2.35. The Morgan fingerprint density at radius 3 is 2.39 bits per heavy atom. The number of hydrogen-bond donors (Lipinski definition) is 1. The number of carbonyl (C=O) groups excluding carboxylic acids is 1. The van der Waals surface area contributed by atoms with E-state index in [1.54, 1.807) is 5.32 Å². The van der Waals surface area contributed by atoms with Crippen LogP contribution in [-0.2, 0) is 6.18 Å². The summed E-state index contributed by atoms with van der Waals surface area (Å²) in [6.07, 6.45) is -7.83. The first-order chi connectivity index (χ1) is 8.23. The summed E-state index contributed by atoms with van der Waals surface area (Å²) >= 11 is 0. The molecule has 1 rings (SSSR count). The highest BCUT2D eigenvalue weighted by atomic mass is 19.4. The number of nitrogens with one attached hydrogen (secondary N) is 1. The van der Waals surface area contributed by atoms with Crippen LogP contribution in [0.4, 0.5) is 26.3 Å². The second-order valence-electron chi connectivity index (χ2n) is 3.27. The van der Waals surface area contributed by atoms with Gasteiger partial charge < -0.3 is 5.32 Å². The monoisotopic (exact) mass is 271 g/mol. The molecule has 1 N–H and O–H groups in total. The maximum Gasteiger partial charge on any atom is 0.419 e. The van der Waals surface area contributed by atoms with Gasteiger partial charge in [0.25, 0.3) is 12.3 Å². The van der Waals surface area contributed by atoms with Gasteiger partial charge in [0.05, 0.1) is 17.7 Å². The molecule has 0 aromatic heterocycles. The molecule has 0 bridgehead atoms. The van der Waals surface area contributed by atoms with E-state index in [1.165, 1.54) is 0 Å². The number of hydrogen-bond acceptors (Lipinski definition) is 1. The lowest BCUT2D eigenvalue weighted by Crippen LogP contribution is -2.29. The van der Waals surface area contributed by atoms with Crippen molar-refractivity contribution in [2.45, 2.75) is 12.6 Å². The molecular weight excluding hydrogens is 264 g/mol. The number of alkyl halides is 5. The second-order valence-corrected chi connectivity index (χ2v) is 3.27. The van der Waals surface area contributed by atoms with Gasteiger partial charge in [-0.15, -0.1) is 0 Å². The van der Waals surface area contributed by atoms with Gasteiger partial charge in [0, 0.05) is 0 Å². The first-order valence-electron chi connectivity index (χ1n) is 4.65. The molecule has 0 spiro atoms. The summed E-state index contributed by atoms with van der Waals surface area (Å²) in [5.41, 5.74) is -2.54. The van der Waals surface area contributed by atoms with Crippen molar-refractivity contribution in [3.05, 3.63) is 35.1 Å². The third-order valence-corrected chi connectivity index (χ3v) is 1.97. The van der Waals surface area contributed by atoms with E-state index in [9.17, 15) is 31.1 Å². The summed E-state index contributed by atoms with van der Waals surface area (Å²) in [5, 5.41) is 1.62. The van der Waals surface area contributed by atoms with Gasteiger partial charge in [0.15, 0.2) is 0 Å². The third-order valence-electron chi connectivity index (χ3n) is 1.97. The fourth-order valence-electron chi connectivity index (χ4n) is 1.19. The van der Waals surface area contributed by atoms with Crippen LogP contribution in [0.5, 0.6) is 0 Å². The Labute approximate surface area is 97.6 Å². The van der Waals surface area contributed by atoms with E-state index < -0.39 is 42.0 Å². The van der Waals surface area contributed by atoms with E-state index in [0.29, 0.717) is 6.07 Å². The van der Waals surface area contributed by atoms with Crippen LogP contribution in [0.1, 0.15) is 15.9 Å². The van der Waals surface area contributed by atoms with Gasteiger partial charge in [-0.25, -0.2) is 13.2 Å². The van der Waals surface area contributed by atoms with Crippen molar-refractivity contribution >= 4 is 5.91 Å². The predicted molar refractivity (Wildman–Crippen MR) is 49.7 cm³/mol. The average molecular weight is 271 g/mol. The Bertz CT molecular complexity index is 442. The van der Waals surface area contributed by atoms with Gasteiger partial charge in [-0.1, -0.05) is 6.07 Å². The molecule has 2 nitrogen and oxygen atoms in total. The molecule has 100 valence electrons.